The summed E-state index contributed by atoms with van der Waals surface area (Å²) in [7, 11) is 2.93. The van der Waals surface area contributed by atoms with Crippen molar-refractivity contribution in [1.29, 1.82) is 0 Å². The highest BCUT2D eigenvalue weighted by Crippen LogP contribution is 2.29. The first kappa shape index (κ1) is 36.6. The van der Waals surface area contributed by atoms with Gasteiger partial charge < -0.3 is 41.4 Å². The maximum Gasteiger partial charge on any atom is 0.405 e. The number of unbranched alkanes of at least 4 members (excludes halogenated alkanes) is 1. The molecule has 1 aliphatic heterocycles. The second kappa shape index (κ2) is 17.6. The van der Waals surface area contributed by atoms with E-state index < -0.39 is 53.9 Å². The van der Waals surface area contributed by atoms with Crippen molar-refractivity contribution < 1.29 is 38.5 Å². The number of methoxy groups -OCH3 is 2. The molecule has 6 atom stereocenters. The molecular formula is C32H48N4O8. The Morgan fingerprint density at radius 1 is 1.14 bits per heavy atom. The number of allylic oxidation sites excluding steroid dienone is 4. The molecule has 0 unspecified atom stereocenters. The number of carbonyl (C=O) groups is 4. The zero-order valence-electron chi connectivity index (χ0n) is 26.6. The lowest BCUT2D eigenvalue weighted by Crippen LogP contribution is -2.38. The van der Waals surface area contributed by atoms with E-state index in [1.807, 2.05) is 13.8 Å². The number of Topliss-reactive ketones (excluding diaryl/α,β-unsaturated/α-hetero) is 1. The van der Waals surface area contributed by atoms with Crippen molar-refractivity contribution in [2.75, 3.05) is 27.3 Å². The van der Waals surface area contributed by atoms with Gasteiger partial charge in [0.2, 0.25) is 11.6 Å². The molecule has 7 N–H and O–H groups in total. The van der Waals surface area contributed by atoms with Crippen LogP contribution in [-0.2, 0) is 28.6 Å². The van der Waals surface area contributed by atoms with Crippen molar-refractivity contribution in [2.45, 2.75) is 77.8 Å². The molecule has 0 spiro atoms. The average Bonchev–Trinajstić information content (AvgIpc) is 2.97. The number of carbonyl (C=O) groups excluding carboxylic acids is 4. The lowest BCUT2D eigenvalue weighted by molar-refractivity contribution is -0.120. The highest BCUT2D eigenvalue weighted by Gasteiger charge is 2.33. The molecule has 12 heteroatoms. The third-order valence-electron chi connectivity index (χ3n) is 7.73. The molecule has 0 fully saturated rings. The molecule has 1 heterocycles. The number of aliphatic hydroxyl groups is 1. The average molecular weight is 617 g/mol. The van der Waals surface area contributed by atoms with Gasteiger partial charge in [-0.3, -0.25) is 14.4 Å². The maximum atomic E-state index is 13.7. The fourth-order valence-electron chi connectivity index (χ4n) is 5.26. The summed E-state index contributed by atoms with van der Waals surface area (Å²) in [4.78, 5) is 51.7. The van der Waals surface area contributed by atoms with E-state index in [9.17, 15) is 24.3 Å². The van der Waals surface area contributed by atoms with Crippen LogP contribution in [0.5, 0.6) is 0 Å². The Morgan fingerprint density at radius 2 is 1.84 bits per heavy atom. The highest BCUT2D eigenvalue weighted by atomic mass is 16.6. The van der Waals surface area contributed by atoms with Crippen LogP contribution in [0.25, 0.3) is 0 Å². The fraction of sp³-hybridized carbons (Fsp3) is 0.562. The predicted octanol–water partition coefficient (Wildman–Crippen LogP) is 2.09. The summed E-state index contributed by atoms with van der Waals surface area (Å²) in [5, 5.41) is 17.0. The van der Waals surface area contributed by atoms with Crippen LogP contribution in [-0.4, -0.2) is 80.4 Å². The van der Waals surface area contributed by atoms with E-state index in [0.717, 1.165) is 12.5 Å². The van der Waals surface area contributed by atoms with Crippen molar-refractivity contribution in [3.8, 4) is 0 Å². The van der Waals surface area contributed by atoms with Crippen LogP contribution in [0.1, 0.15) is 53.4 Å². The van der Waals surface area contributed by atoms with E-state index >= 15 is 0 Å². The van der Waals surface area contributed by atoms with Gasteiger partial charge in [0.25, 0.3) is 5.91 Å². The molecular weight excluding hydrogens is 568 g/mol. The topological polar surface area (TPSA) is 192 Å². The summed E-state index contributed by atoms with van der Waals surface area (Å²) in [6.07, 6.45) is 5.31. The zero-order valence-corrected chi connectivity index (χ0v) is 26.6. The quantitative estimate of drug-likeness (QED) is 0.153. The van der Waals surface area contributed by atoms with Gasteiger partial charge in [-0.05, 0) is 57.6 Å². The standard InChI is InChI=1S/C32H48N4O8/c1-18-14-22-27(35-13-8-7-12-33)24(37)17-23(29(22)39)36-31(40)19(2)10-9-11-25(42-5)30(44-32(34)41)21(4)16-20(3)28(38)26(15-18)43-6/h9-11,16-18,20,25-26,28,30,35,38H,7-8,12-15,33H2,1-6H3,(H2,34,41)(H,36,40)/b11-9-,19-10+,21-16+/t18-,20+,25+,26+,28-,30+/m1/s1. The summed E-state index contributed by atoms with van der Waals surface area (Å²) in [6.45, 7) is 7.97. The van der Waals surface area contributed by atoms with E-state index in [-0.39, 0.29) is 34.9 Å². The summed E-state index contributed by atoms with van der Waals surface area (Å²) < 4.78 is 16.6. The van der Waals surface area contributed by atoms with Crippen molar-refractivity contribution in [1.82, 2.24) is 10.6 Å². The number of amides is 2. The molecule has 244 valence electrons. The first-order chi connectivity index (χ1) is 20.8. The van der Waals surface area contributed by atoms with E-state index in [4.69, 9.17) is 25.7 Å². The van der Waals surface area contributed by atoms with Crippen molar-refractivity contribution in [3.63, 3.8) is 0 Å². The third-order valence-corrected chi connectivity index (χ3v) is 7.73. The first-order valence-corrected chi connectivity index (χ1v) is 14.9. The van der Waals surface area contributed by atoms with E-state index in [0.29, 0.717) is 31.5 Å². The van der Waals surface area contributed by atoms with Crippen LogP contribution in [0, 0.1) is 11.8 Å². The van der Waals surface area contributed by atoms with Crippen LogP contribution in [0.2, 0.25) is 0 Å². The molecule has 2 aliphatic rings. The Kier molecular flexibility index (Phi) is 14.7. The van der Waals surface area contributed by atoms with Gasteiger partial charge >= 0.3 is 6.09 Å². The number of nitrogens with two attached hydrogens (primary N) is 2. The molecule has 1 aliphatic carbocycles. The van der Waals surface area contributed by atoms with Gasteiger partial charge in [-0.15, -0.1) is 0 Å². The van der Waals surface area contributed by atoms with E-state index in [2.05, 4.69) is 10.6 Å². The fourth-order valence-corrected chi connectivity index (χ4v) is 5.26. The van der Waals surface area contributed by atoms with Gasteiger partial charge in [0.1, 0.15) is 6.10 Å². The molecule has 0 saturated heterocycles. The third kappa shape index (κ3) is 10.3. The molecule has 44 heavy (non-hydrogen) atoms. The number of ether oxygens (including phenoxy) is 3. The predicted molar refractivity (Wildman–Crippen MR) is 166 cm³/mol. The molecule has 0 saturated carbocycles. The van der Waals surface area contributed by atoms with Crippen LogP contribution in [0.3, 0.4) is 0 Å². The minimum Gasteiger partial charge on any atom is -0.439 e. The molecule has 12 nitrogen and oxygen atoms in total. The Morgan fingerprint density at radius 3 is 2.45 bits per heavy atom. The second-order valence-corrected chi connectivity index (χ2v) is 11.4. The molecule has 0 aromatic heterocycles. The Balaban J connectivity index is 2.59. The van der Waals surface area contributed by atoms with Crippen LogP contribution in [0.15, 0.2) is 58.5 Å². The van der Waals surface area contributed by atoms with E-state index in [1.165, 1.54) is 20.3 Å². The largest absolute Gasteiger partial charge is 0.439 e. The first-order valence-electron chi connectivity index (χ1n) is 14.9. The Labute approximate surface area is 259 Å². The molecule has 2 amide bonds. The van der Waals surface area contributed by atoms with Crippen molar-refractivity contribution in [2.24, 2.45) is 23.3 Å². The number of aliphatic hydroxyl groups excluding tert-OH is 1. The smallest absolute Gasteiger partial charge is 0.405 e. The number of hydrogen-bond acceptors (Lipinski definition) is 10. The van der Waals surface area contributed by atoms with Crippen molar-refractivity contribution >= 4 is 23.6 Å². The van der Waals surface area contributed by atoms with Gasteiger partial charge in [-0.25, -0.2) is 4.79 Å². The number of ketones is 2. The summed E-state index contributed by atoms with van der Waals surface area (Å²) >= 11 is 0. The van der Waals surface area contributed by atoms with Crippen molar-refractivity contribution in [3.05, 3.63) is 58.5 Å². The van der Waals surface area contributed by atoms with Gasteiger partial charge in [0, 0.05) is 43.9 Å². The molecule has 0 aromatic rings. The summed E-state index contributed by atoms with van der Waals surface area (Å²) in [6, 6.07) is 0. The highest BCUT2D eigenvalue weighted by molar-refractivity contribution is 6.23. The molecule has 2 rings (SSSR count). The SMILES string of the molecule is CO[C@H]1/C=C\C=C(/C)C(=O)NC2=CC(=O)C(NCCCCN)=C(C[C@@H](C)C[C@H](OC)[C@H](O)[C@@H](C)/C=C(\C)[C@@H]1OC(N)=O)C2=O. The van der Waals surface area contributed by atoms with Gasteiger partial charge in [0.15, 0.2) is 6.10 Å². The minimum atomic E-state index is -0.999. The Hall–Kier alpha value is -3.58. The number of fused-ring (bicyclic) bond motifs is 2. The monoisotopic (exact) mass is 616 g/mol. The number of primary amides is 1. The zero-order chi connectivity index (χ0) is 33.0. The second-order valence-electron chi connectivity index (χ2n) is 11.4. The lowest BCUT2D eigenvalue weighted by Gasteiger charge is -2.30. The number of rotatable bonds is 8. The van der Waals surface area contributed by atoms with Gasteiger partial charge in [-0.2, -0.15) is 0 Å². The summed E-state index contributed by atoms with van der Waals surface area (Å²) in [5.74, 6) is -2.09. The lowest BCUT2D eigenvalue weighted by atomic mass is 9.85. The molecule has 0 aromatic carbocycles. The molecule has 2 bridgehead atoms. The minimum absolute atomic E-state index is 0.120. The normalized spacial score (nSPS) is 30.8. The Bertz CT molecular complexity index is 1220. The van der Waals surface area contributed by atoms with E-state index in [1.54, 1.807) is 32.1 Å². The number of nitrogens with one attached hydrogen (secondary N) is 2. The number of hydrogen-bond donors (Lipinski definition) is 5. The molecule has 0 radical (unpaired) electrons. The van der Waals surface area contributed by atoms with Crippen LogP contribution >= 0.6 is 0 Å². The van der Waals surface area contributed by atoms with Crippen LogP contribution in [0.4, 0.5) is 4.79 Å². The van der Waals surface area contributed by atoms with Crippen LogP contribution < -0.4 is 22.1 Å². The van der Waals surface area contributed by atoms with Gasteiger partial charge in [0.05, 0.1) is 23.6 Å². The van der Waals surface area contributed by atoms with Gasteiger partial charge in [-0.1, -0.05) is 38.2 Å². The summed E-state index contributed by atoms with van der Waals surface area (Å²) in [5.41, 5.74) is 12.1. The maximum absolute atomic E-state index is 13.7.